The van der Waals surface area contributed by atoms with Gasteiger partial charge in [-0.25, -0.2) is 0 Å². The molecule has 190 valence electrons. The van der Waals surface area contributed by atoms with Gasteiger partial charge in [-0.2, -0.15) is 14.3 Å². The van der Waals surface area contributed by atoms with Crippen LogP contribution in [0.25, 0.3) is 0 Å². The summed E-state index contributed by atoms with van der Waals surface area (Å²) in [6.07, 6.45) is -0.583. The normalized spacial score (nSPS) is 14.1. The summed E-state index contributed by atoms with van der Waals surface area (Å²) < 4.78 is 6.15. The highest BCUT2D eigenvalue weighted by molar-refractivity contribution is 7.58. The first kappa shape index (κ1) is 29.0. The molecule has 2 aromatic carbocycles. The van der Waals surface area contributed by atoms with Crippen molar-refractivity contribution in [3.05, 3.63) is 69.8 Å². The van der Waals surface area contributed by atoms with Crippen molar-refractivity contribution >= 4 is 7.94 Å². The van der Waals surface area contributed by atoms with Gasteiger partial charge in [-0.15, -0.1) is 0 Å². The van der Waals surface area contributed by atoms with Crippen LogP contribution in [0.15, 0.2) is 36.4 Å². The average molecular weight is 488 g/mol. The molecule has 0 aliphatic carbocycles. The average Bonchev–Trinajstić information content (AvgIpc) is 2.61. The molecule has 2 N–H and O–H groups in total. The van der Waals surface area contributed by atoms with Crippen molar-refractivity contribution in [3.8, 4) is 0 Å². The fraction of sp³-hybridized carbons (Fsp3) is 0.600. The molecule has 34 heavy (non-hydrogen) atoms. The minimum atomic E-state index is -3.54. The Morgan fingerprint density at radius 3 is 1.15 bits per heavy atom. The molecule has 0 aliphatic rings. The van der Waals surface area contributed by atoms with Crippen molar-refractivity contribution < 1.29 is 14.3 Å². The lowest BCUT2D eigenvalue weighted by Crippen LogP contribution is -2.24. The standard InChI is InChI=1S/C30H48O3P/c1-27(2,3)20-14-16-22(24(18-20)29(7,8)9)26(33-34(13,31)32)23-17-15-21(28(4,5)6)19-25(23)30(10,11)12/h14-19,26,31-32H,1-13H3/q+1. The summed E-state index contributed by atoms with van der Waals surface area (Å²) in [4.78, 5) is 21.0. The summed E-state index contributed by atoms with van der Waals surface area (Å²) >= 11 is 0. The third-order valence-corrected chi connectivity index (χ3v) is 6.93. The summed E-state index contributed by atoms with van der Waals surface area (Å²) in [6.45, 7) is 27.9. The summed E-state index contributed by atoms with van der Waals surface area (Å²) in [7, 11) is -3.54. The lowest BCUT2D eigenvalue weighted by atomic mass is 9.74. The Morgan fingerprint density at radius 2 is 0.912 bits per heavy atom. The molecular weight excluding hydrogens is 439 g/mol. The lowest BCUT2D eigenvalue weighted by Gasteiger charge is -2.33. The molecule has 0 bridgehead atoms. The van der Waals surface area contributed by atoms with Gasteiger partial charge in [0.2, 0.25) is 0 Å². The molecule has 0 fully saturated rings. The van der Waals surface area contributed by atoms with E-state index in [1.807, 2.05) is 0 Å². The molecule has 0 radical (unpaired) electrons. The number of hydrogen-bond acceptors (Lipinski definition) is 3. The Labute approximate surface area is 209 Å². The van der Waals surface area contributed by atoms with Crippen molar-refractivity contribution in [2.45, 2.75) is 111 Å². The Balaban J connectivity index is 2.92. The quantitative estimate of drug-likeness (QED) is 0.426. The first-order valence-electron chi connectivity index (χ1n) is 12.3. The van der Waals surface area contributed by atoms with Crippen LogP contribution in [0.1, 0.15) is 123 Å². The van der Waals surface area contributed by atoms with Gasteiger partial charge in [0.1, 0.15) is 6.66 Å². The predicted octanol–water partition coefficient (Wildman–Crippen LogP) is 8.36. The van der Waals surface area contributed by atoms with E-state index in [1.165, 1.54) is 17.8 Å². The first-order valence-corrected chi connectivity index (χ1v) is 14.4. The van der Waals surface area contributed by atoms with Crippen LogP contribution in [0.3, 0.4) is 0 Å². The summed E-state index contributed by atoms with van der Waals surface area (Å²) in [6, 6.07) is 13.1. The van der Waals surface area contributed by atoms with E-state index in [4.69, 9.17) is 4.52 Å². The third-order valence-electron chi connectivity index (χ3n) is 6.32. The number of rotatable bonds is 4. The van der Waals surface area contributed by atoms with Gasteiger partial charge < -0.3 is 0 Å². The lowest BCUT2D eigenvalue weighted by molar-refractivity contribution is 0.183. The van der Waals surface area contributed by atoms with Gasteiger partial charge in [-0.05, 0) is 55.0 Å². The molecule has 0 saturated heterocycles. The third kappa shape index (κ3) is 7.14. The molecule has 0 amide bonds. The smallest absolute Gasteiger partial charge is 0.193 e. The van der Waals surface area contributed by atoms with Crippen LogP contribution in [0.5, 0.6) is 0 Å². The van der Waals surface area contributed by atoms with E-state index in [0.717, 1.165) is 22.3 Å². The van der Waals surface area contributed by atoms with Crippen molar-refractivity contribution in [2.75, 3.05) is 6.66 Å². The molecule has 0 atom stereocenters. The van der Waals surface area contributed by atoms with E-state index in [1.54, 1.807) is 0 Å². The largest absolute Gasteiger partial charge is 0.404 e. The van der Waals surface area contributed by atoms with Crippen LogP contribution >= 0.6 is 7.94 Å². The highest BCUT2D eigenvalue weighted by Gasteiger charge is 2.39. The van der Waals surface area contributed by atoms with Crippen molar-refractivity contribution in [3.63, 3.8) is 0 Å². The maximum atomic E-state index is 10.5. The monoisotopic (exact) mass is 487 g/mol. The maximum absolute atomic E-state index is 10.5. The van der Waals surface area contributed by atoms with Crippen LogP contribution in [-0.2, 0) is 26.2 Å². The van der Waals surface area contributed by atoms with Gasteiger partial charge in [0.05, 0.1) is 0 Å². The van der Waals surface area contributed by atoms with E-state index < -0.39 is 14.0 Å². The molecule has 0 aromatic heterocycles. The molecule has 0 unspecified atom stereocenters. The van der Waals surface area contributed by atoms with Gasteiger partial charge in [-0.1, -0.05) is 119 Å². The Hall–Kier alpha value is -1.25. The number of hydrogen-bond donors (Lipinski definition) is 2. The second-order valence-electron chi connectivity index (χ2n) is 13.9. The zero-order chi connectivity index (χ0) is 26.5. The van der Waals surface area contributed by atoms with E-state index in [-0.39, 0.29) is 21.7 Å². The molecule has 0 aliphatic heterocycles. The molecule has 0 heterocycles. The van der Waals surface area contributed by atoms with E-state index in [9.17, 15) is 9.79 Å². The number of benzene rings is 2. The van der Waals surface area contributed by atoms with Gasteiger partial charge in [0.25, 0.3) is 0 Å². The van der Waals surface area contributed by atoms with Gasteiger partial charge in [0.15, 0.2) is 6.10 Å². The van der Waals surface area contributed by atoms with Crippen molar-refractivity contribution in [2.24, 2.45) is 0 Å². The Kier molecular flexibility index (Phi) is 7.95. The van der Waals surface area contributed by atoms with E-state index in [2.05, 4.69) is 119 Å². The highest BCUT2D eigenvalue weighted by atomic mass is 31.2. The summed E-state index contributed by atoms with van der Waals surface area (Å²) in [5.74, 6) is 0. The minimum absolute atomic E-state index is 0.00921. The first-order chi connectivity index (χ1) is 15.0. The fourth-order valence-corrected chi connectivity index (χ4v) is 4.91. The maximum Gasteiger partial charge on any atom is 0.404 e. The van der Waals surface area contributed by atoms with Crippen molar-refractivity contribution in [1.29, 1.82) is 0 Å². The molecule has 0 saturated carbocycles. The molecule has 3 nitrogen and oxygen atoms in total. The second kappa shape index (κ2) is 9.32. The molecule has 2 rings (SSSR count). The van der Waals surface area contributed by atoms with Crippen LogP contribution in [-0.4, -0.2) is 16.5 Å². The van der Waals surface area contributed by atoms with Crippen LogP contribution in [0.4, 0.5) is 0 Å². The van der Waals surface area contributed by atoms with E-state index >= 15 is 0 Å². The Bertz CT molecular complexity index is 928. The van der Waals surface area contributed by atoms with Crippen LogP contribution in [0.2, 0.25) is 0 Å². The van der Waals surface area contributed by atoms with Gasteiger partial charge in [0, 0.05) is 0 Å². The van der Waals surface area contributed by atoms with Crippen molar-refractivity contribution in [1.82, 2.24) is 0 Å². The molecule has 4 heteroatoms. The fourth-order valence-electron chi connectivity index (χ4n) is 4.28. The predicted molar refractivity (Wildman–Crippen MR) is 148 cm³/mol. The molecular formula is C30H48O3P+. The Morgan fingerprint density at radius 1 is 0.588 bits per heavy atom. The second-order valence-corrected chi connectivity index (χ2v) is 15.8. The van der Waals surface area contributed by atoms with Crippen LogP contribution in [0, 0.1) is 0 Å². The van der Waals surface area contributed by atoms with Gasteiger partial charge >= 0.3 is 7.94 Å². The zero-order valence-corrected chi connectivity index (χ0v) is 24.7. The molecule has 2 aromatic rings. The summed E-state index contributed by atoms with van der Waals surface area (Å²) in [5.41, 5.74) is 6.54. The van der Waals surface area contributed by atoms with Gasteiger partial charge in [-0.3, -0.25) is 0 Å². The van der Waals surface area contributed by atoms with E-state index in [0.29, 0.717) is 0 Å². The highest BCUT2D eigenvalue weighted by Crippen LogP contribution is 2.54. The topological polar surface area (TPSA) is 49.7 Å². The summed E-state index contributed by atoms with van der Waals surface area (Å²) in [5, 5.41) is 0. The van der Waals surface area contributed by atoms with Crippen LogP contribution < -0.4 is 0 Å². The molecule has 0 spiro atoms. The minimum Gasteiger partial charge on any atom is -0.193 e. The SMILES string of the molecule is CC(C)(C)c1ccc(C(O[P+](C)(O)O)c2ccc(C(C)(C)C)cc2C(C)(C)C)c(C(C)(C)C)c1. The zero-order valence-electron chi connectivity index (χ0n) is 23.8.